The van der Waals surface area contributed by atoms with E-state index in [0.29, 0.717) is 12.0 Å². The zero-order valence-corrected chi connectivity index (χ0v) is 17.6. The Bertz CT molecular complexity index is 1350. The second kappa shape index (κ2) is 8.12. The SMILES string of the molecule is Cc1ccnc(N2CCC(C(CC#N)n3cc(-c4ncnc5[nH]ccc45)cn3)C2)c1C#N. The maximum absolute atomic E-state index is 9.58. The predicted octanol–water partition coefficient (Wildman–Crippen LogP) is 3.38. The fourth-order valence-electron chi connectivity index (χ4n) is 4.53. The number of hydrogen-bond donors (Lipinski definition) is 1. The number of nitrogens with one attached hydrogen (secondary N) is 1. The van der Waals surface area contributed by atoms with E-state index >= 15 is 0 Å². The molecule has 5 heterocycles. The number of rotatable bonds is 5. The maximum atomic E-state index is 9.58. The number of anilines is 1. The molecule has 1 aliphatic heterocycles. The molecule has 32 heavy (non-hydrogen) atoms. The summed E-state index contributed by atoms with van der Waals surface area (Å²) in [7, 11) is 0. The predicted molar refractivity (Wildman–Crippen MR) is 118 cm³/mol. The molecule has 2 atom stereocenters. The van der Waals surface area contributed by atoms with Crippen molar-refractivity contribution in [1.82, 2.24) is 29.7 Å². The van der Waals surface area contributed by atoms with Crippen molar-refractivity contribution in [1.29, 1.82) is 10.5 Å². The maximum Gasteiger partial charge on any atom is 0.146 e. The van der Waals surface area contributed by atoms with Gasteiger partial charge in [-0.1, -0.05) is 0 Å². The van der Waals surface area contributed by atoms with Gasteiger partial charge >= 0.3 is 0 Å². The van der Waals surface area contributed by atoms with E-state index in [2.05, 4.69) is 42.1 Å². The van der Waals surface area contributed by atoms with Crippen LogP contribution in [0, 0.1) is 35.5 Å². The van der Waals surface area contributed by atoms with E-state index in [1.165, 1.54) is 6.33 Å². The summed E-state index contributed by atoms with van der Waals surface area (Å²) >= 11 is 0. The minimum atomic E-state index is -0.0716. The number of aromatic nitrogens is 6. The van der Waals surface area contributed by atoms with Crippen molar-refractivity contribution in [3.05, 3.63) is 54.4 Å². The number of nitriles is 2. The van der Waals surface area contributed by atoms with Crippen LogP contribution in [-0.4, -0.2) is 42.8 Å². The van der Waals surface area contributed by atoms with E-state index in [0.717, 1.165) is 53.2 Å². The third kappa shape index (κ3) is 3.34. The first-order chi connectivity index (χ1) is 15.7. The van der Waals surface area contributed by atoms with Crippen LogP contribution in [0.15, 0.2) is 43.2 Å². The van der Waals surface area contributed by atoms with Crippen molar-refractivity contribution < 1.29 is 0 Å². The highest BCUT2D eigenvalue weighted by Crippen LogP contribution is 2.35. The number of aryl methyl sites for hydroxylation is 1. The van der Waals surface area contributed by atoms with Gasteiger partial charge < -0.3 is 9.88 Å². The quantitative estimate of drug-likeness (QED) is 0.522. The second-order valence-corrected chi connectivity index (χ2v) is 8.03. The summed E-state index contributed by atoms with van der Waals surface area (Å²) in [6.07, 6.45) is 10.1. The number of pyridine rings is 1. The van der Waals surface area contributed by atoms with Crippen molar-refractivity contribution >= 4 is 16.9 Å². The fourth-order valence-corrected chi connectivity index (χ4v) is 4.53. The third-order valence-corrected chi connectivity index (χ3v) is 6.19. The highest BCUT2D eigenvalue weighted by Gasteiger charge is 2.33. The number of aromatic amines is 1. The van der Waals surface area contributed by atoms with Crippen LogP contribution in [0.25, 0.3) is 22.3 Å². The lowest BCUT2D eigenvalue weighted by Gasteiger charge is -2.23. The van der Waals surface area contributed by atoms with E-state index < -0.39 is 0 Å². The van der Waals surface area contributed by atoms with Gasteiger partial charge in [-0.05, 0) is 31.0 Å². The van der Waals surface area contributed by atoms with Crippen molar-refractivity contribution in [3.8, 4) is 23.4 Å². The van der Waals surface area contributed by atoms with Crippen LogP contribution in [0.2, 0.25) is 0 Å². The molecule has 0 bridgehead atoms. The molecule has 0 saturated carbocycles. The molecule has 1 saturated heterocycles. The minimum Gasteiger partial charge on any atom is -0.355 e. The van der Waals surface area contributed by atoms with Gasteiger partial charge in [0.2, 0.25) is 0 Å². The molecule has 1 aliphatic rings. The Balaban J connectivity index is 1.42. The molecule has 0 amide bonds. The smallest absolute Gasteiger partial charge is 0.146 e. The first-order valence-electron chi connectivity index (χ1n) is 10.5. The van der Waals surface area contributed by atoms with E-state index in [4.69, 9.17) is 0 Å². The Morgan fingerprint density at radius 3 is 3.00 bits per heavy atom. The molecule has 0 aliphatic carbocycles. The molecular formula is C23H21N9. The summed E-state index contributed by atoms with van der Waals surface area (Å²) in [5.74, 6) is 0.941. The van der Waals surface area contributed by atoms with Gasteiger partial charge in [-0.2, -0.15) is 15.6 Å². The normalized spacial score (nSPS) is 16.7. The molecular weight excluding hydrogens is 402 g/mol. The Morgan fingerprint density at radius 2 is 2.16 bits per heavy atom. The zero-order valence-electron chi connectivity index (χ0n) is 17.6. The van der Waals surface area contributed by atoms with Gasteiger partial charge in [0.05, 0.1) is 36.0 Å². The van der Waals surface area contributed by atoms with E-state index in [1.807, 2.05) is 36.1 Å². The summed E-state index contributed by atoms with van der Waals surface area (Å²) in [4.78, 5) is 18.4. The highest BCUT2D eigenvalue weighted by atomic mass is 15.3. The summed E-state index contributed by atoms with van der Waals surface area (Å²) in [5.41, 5.74) is 4.02. The molecule has 4 aromatic rings. The number of H-pyrrole nitrogens is 1. The molecule has 9 nitrogen and oxygen atoms in total. The second-order valence-electron chi connectivity index (χ2n) is 8.03. The standard InChI is InChI=1S/C23H21N9/c1-15-3-7-27-23(19(15)10-25)31-9-5-16(12-31)20(2-6-24)32-13-17(11-30-32)21-18-4-8-26-22(18)29-14-28-21/h3-4,7-8,11,13-14,16,20H,2,5,9,12H2,1H3,(H,26,28,29). The molecule has 0 aromatic carbocycles. The Morgan fingerprint density at radius 1 is 1.25 bits per heavy atom. The molecule has 4 aromatic heterocycles. The largest absolute Gasteiger partial charge is 0.355 e. The topological polar surface area (TPSA) is 123 Å². The third-order valence-electron chi connectivity index (χ3n) is 6.19. The van der Waals surface area contributed by atoms with Crippen molar-refractivity contribution in [2.75, 3.05) is 18.0 Å². The Kier molecular flexibility index (Phi) is 5.00. The van der Waals surface area contributed by atoms with Gasteiger partial charge in [-0.3, -0.25) is 4.68 Å². The average Bonchev–Trinajstić information content (AvgIpc) is 3.57. The number of hydrogen-bond acceptors (Lipinski definition) is 7. The molecule has 158 valence electrons. The summed E-state index contributed by atoms with van der Waals surface area (Å²) in [6, 6.07) is 8.35. The lowest BCUT2D eigenvalue weighted by molar-refractivity contribution is 0.332. The van der Waals surface area contributed by atoms with Crippen LogP contribution >= 0.6 is 0 Å². The molecule has 0 radical (unpaired) electrons. The van der Waals surface area contributed by atoms with Crippen LogP contribution in [0.4, 0.5) is 5.82 Å². The zero-order chi connectivity index (χ0) is 22.1. The number of nitrogens with zero attached hydrogens (tertiary/aromatic N) is 8. The summed E-state index contributed by atoms with van der Waals surface area (Å²) < 4.78 is 1.89. The fraction of sp³-hybridized carbons (Fsp3) is 0.304. The molecule has 9 heteroatoms. The van der Waals surface area contributed by atoms with Gasteiger partial charge in [0, 0.05) is 48.5 Å². The monoisotopic (exact) mass is 423 g/mol. The molecule has 1 N–H and O–H groups in total. The molecule has 1 fully saturated rings. The minimum absolute atomic E-state index is 0.0716. The summed E-state index contributed by atoms with van der Waals surface area (Å²) in [5, 5.41) is 24.6. The molecule has 2 unspecified atom stereocenters. The lowest BCUT2D eigenvalue weighted by Crippen LogP contribution is -2.26. The Hall–Kier alpha value is -4.24. The van der Waals surface area contributed by atoms with Crippen molar-refractivity contribution in [3.63, 3.8) is 0 Å². The van der Waals surface area contributed by atoms with Gasteiger partial charge in [0.1, 0.15) is 23.9 Å². The van der Waals surface area contributed by atoms with E-state index in [-0.39, 0.29) is 12.0 Å². The van der Waals surface area contributed by atoms with Crippen molar-refractivity contribution in [2.24, 2.45) is 5.92 Å². The highest BCUT2D eigenvalue weighted by molar-refractivity contribution is 5.89. The van der Waals surface area contributed by atoms with E-state index in [1.54, 1.807) is 12.4 Å². The average molecular weight is 423 g/mol. The van der Waals surface area contributed by atoms with Crippen LogP contribution < -0.4 is 4.90 Å². The first kappa shape index (κ1) is 19.7. The lowest BCUT2D eigenvalue weighted by atomic mass is 9.96. The van der Waals surface area contributed by atoms with Crippen LogP contribution in [0.5, 0.6) is 0 Å². The van der Waals surface area contributed by atoms with Gasteiger partial charge in [-0.25, -0.2) is 15.0 Å². The Labute approximate surface area is 185 Å². The van der Waals surface area contributed by atoms with Crippen molar-refractivity contribution in [2.45, 2.75) is 25.8 Å². The van der Waals surface area contributed by atoms with Gasteiger partial charge in [0.15, 0.2) is 0 Å². The van der Waals surface area contributed by atoms with Gasteiger partial charge in [0.25, 0.3) is 0 Å². The molecule has 0 spiro atoms. The summed E-state index contributed by atoms with van der Waals surface area (Å²) in [6.45, 7) is 3.44. The van der Waals surface area contributed by atoms with Crippen LogP contribution in [0.1, 0.15) is 30.0 Å². The first-order valence-corrected chi connectivity index (χ1v) is 10.5. The van der Waals surface area contributed by atoms with Crippen LogP contribution in [0.3, 0.4) is 0 Å². The molecule has 5 rings (SSSR count). The van der Waals surface area contributed by atoms with E-state index in [9.17, 15) is 10.5 Å². The van der Waals surface area contributed by atoms with Gasteiger partial charge in [-0.15, -0.1) is 0 Å². The van der Waals surface area contributed by atoms with Crippen LogP contribution in [-0.2, 0) is 0 Å². The number of fused-ring (bicyclic) bond motifs is 1.